The van der Waals surface area contributed by atoms with E-state index in [1.807, 2.05) is 6.92 Å². The van der Waals surface area contributed by atoms with Gasteiger partial charge in [0.1, 0.15) is 18.8 Å². The molecule has 0 aromatic rings. The zero-order chi connectivity index (χ0) is 17.0. The number of ether oxygens (including phenoxy) is 4. The number of ketones is 1. The van der Waals surface area contributed by atoms with Crippen LogP contribution in [0.15, 0.2) is 0 Å². The molecule has 0 rings (SSSR count). The molecule has 0 N–H and O–H groups in total. The van der Waals surface area contributed by atoms with Crippen molar-refractivity contribution in [2.45, 2.75) is 33.6 Å². The van der Waals surface area contributed by atoms with Crippen LogP contribution in [0.4, 0.5) is 0 Å². The maximum absolute atomic E-state index is 11.6. The molecule has 0 aliphatic heterocycles. The molecule has 22 heavy (non-hydrogen) atoms. The van der Waals surface area contributed by atoms with Gasteiger partial charge in [0.15, 0.2) is 0 Å². The van der Waals surface area contributed by atoms with Crippen LogP contribution in [0.3, 0.4) is 0 Å². The molecule has 7 nitrogen and oxygen atoms in total. The smallest absolute Gasteiger partial charge is 0.313 e. The standard InChI is InChI=1S/C15H26O7/c1-5-15(3,14(18)19-4)11-21-7-6-20-8-9-22-13(17)10-12(2)16/h5-11H2,1-4H3. The Morgan fingerprint density at radius 2 is 1.59 bits per heavy atom. The third-order valence-corrected chi connectivity index (χ3v) is 3.14. The summed E-state index contributed by atoms with van der Waals surface area (Å²) in [4.78, 5) is 33.3. The second kappa shape index (κ2) is 11.1. The van der Waals surface area contributed by atoms with E-state index in [9.17, 15) is 14.4 Å². The van der Waals surface area contributed by atoms with E-state index in [4.69, 9.17) is 18.9 Å². The average Bonchev–Trinajstić information content (AvgIpc) is 2.47. The highest BCUT2D eigenvalue weighted by Crippen LogP contribution is 2.23. The number of esters is 2. The summed E-state index contributed by atoms with van der Waals surface area (Å²) >= 11 is 0. The van der Waals surface area contributed by atoms with Crippen LogP contribution in [0.5, 0.6) is 0 Å². The Kier molecular flexibility index (Phi) is 10.4. The summed E-state index contributed by atoms with van der Waals surface area (Å²) in [6.45, 7) is 6.25. The minimum atomic E-state index is -0.656. The van der Waals surface area contributed by atoms with Gasteiger partial charge < -0.3 is 18.9 Å². The van der Waals surface area contributed by atoms with E-state index >= 15 is 0 Å². The zero-order valence-electron chi connectivity index (χ0n) is 13.8. The first-order valence-corrected chi connectivity index (χ1v) is 7.24. The molecule has 0 saturated carbocycles. The lowest BCUT2D eigenvalue weighted by Gasteiger charge is -2.24. The summed E-state index contributed by atoms with van der Waals surface area (Å²) in [7, 11) is 1.35. The van der Waals surface area contributed by atoms with Gasteiger partial charge in [0.2, 0.25) is 0 Å². The van der Waals surface area contributed by atoms with Crippen molar-refractivity contribution in [1.29, 1.82) is 0 Å². The SMILES string of the molecule is CCC(C)(COCCOCCOC(=O)CC(C)=O)C(=O)OC. The fourth-order valence-corrected chi connectivity index (χ4v) is 1.54. The Hall–Kier alpha value is -1.47. The number of methoxy groups -OCH3 is 1. The van der Waals surface area contributed by atoms with Gasteiger partial charge in [0.25, 0.3) is 0 Å². The Balaban J connectivity index is 3.64. The minimum Gasteiger partial charge on any atom is -0.469 e. The van der Waals surface area contributed by atoms with Gasteiger partial charge in [0, 0.05) is 0 Å². The Bertz CT molecular complexity index is 367. The van der Waals surface area contributed by atoms with Gasteiger partial charge in [-0.25, -0.2) is 0 Å². The van der Waals surface area contributed by atoms with Crippen molar-refractivity contribution in [2.75, 3.05) is 40.1 Å². The van der Waals surface area contributed by atoms with Crippen LogP contribution in [-0.4, -0.2) is 57.9 Å². The first-order chi connectivity index (χ1) is 10.4. The van der Waals surface area contributed by atoms with Crippen molar-refractivity contribution in [1.82, 2.24) is 0 Å². The van der Waals surface area contributed by atoms with Crippen molar-refractivity contribution in [3.63, 3.8) is 0 Å². The topological polar surface area (TPSA) is 88.1 Å². The summed E-state index contributed by atoms with van der Waals surface area (Å²) in [5.74, 6) is -1.08. The number of carbonyl (C=O) groups excluding carboxylic acids is 3. The first kappa shape index (κ1) is 20.5. The number of carbonyl (C=O) groups is 3. The molecule has 0 heterocycles. The number of hydrogen-bond acceptors (Lipinski definition) is 7. The third-order valence-electron chi connectivity index (χ3n) is 3.14. The lowest BCUT2D eigenvalue weighted by atomic mass is 9.89. The third kappa shape index (κ3) is 8.74. The maximum Gasteiger partial charge on any atom is 0.313 e. The molecule has 1 atom stereocenters. The second-order valence-corrected chi connectivity index (χ2v) is 5.17. The molecular formula is C15H26O7. The molecule has 0 bridgehead atoms. The van der Waals surface area contributed by atoms with Crippen LogP contribution in [0, 0.1) is 5.41 Å². The molecule has 7 heteroatoms. The monoisotopic (exact) mass is 318 g/mol. The molecular weight excluding hydrogens is 292 g/mol. The van der Waals surface area contributed by atoms with Crippen LogP contribution in [0.25, 0.3) is 0 Å². The highest BCUT2D eigenvalue weighted by molar-refractivity contribution is 5.94. The predicted octanol–water partition coefficient (Wildman–Crippen LogP) is 1.13. The van der Waals surface area contributed by atoms with Gasteiger partial charge in [-0.05, 0) is 20.3 Å². The highest BCUT2D eigenvalue weighted by Gasteiger charge is 2.32. The Morgan fingerprint density at radius 1 is 1.00 bits per heavy atom. The van der Waals surface area contributed by atoms with E-state index < -0.39 is 11.4 Å². The van der Waals surface area contributed by atoms with Gasteiger partial charge in [-0.1, -0.05) is 6.92 Å². The van der Waals surface area contributed by atoms with Crippen LogP contribution >= 0.6 is 0 Å². The van der Waals surface area contributed by atoms with Gasteiger partial charge in [-0.2, -0.15) is 0 Å². The normalized spacial score (nSPS) is 13.3. The number of rotatable bonds is 12. The molecule has 0 aliphatic carbocycles. The molecule has 0 saturated heterocycles. The number of hydrogen-bond donors (Lipinski definition) is 0. The van der Waals surface area contributed by atoms with E-state index in [-0.39, 0.29) is 38.0 Å². The van der Waals surface area contributed by atoms with Gasteiger partial charge >= 0.3 is 11.9 Å². The zero-order valence-corrected chi connectivity index (χ0v) is 13.8. The van der Waals surface area contributed by atoms with Crippen LogP contribution in [0.2, 0.25) is 0 Å². The van der Waals surface area contributed by atoms with Crippen molar-refractivity contribution in [3.8, 4) is 0 Å². The van der Waals surface area contributed by atoms with E-state index in [1.165, 1.54) is 14.0 Å². The minimum absolute atomic E-state index is 0.0982. The quantitative estimate of drug-likeness (QED) is 0.303. The summed E-state index contributed by atoms with van der Waals surface area (Å²) in [6.07, 6.45) is 0.402. The van der Waals surface area contributed by atoms with Crippen LogP contribution in [-0.2, 0) is 33.3 Å². The molecule has 1 unspecified atom stereocenters. The van der Waals surface area contributed by atoms with Crippen LogP contribution in [0.1, 0.15) is 33.6 Å². The van der Waals surface area contributed by atoms with E-state index in [2.05, 4.69) is 0 Å². The summed E-state index contributed by atoms with van der Waals surface area (Å²) in [5, 5.41) is 0. The molecule has 0 spiro atoms. The Labute approximate surface area is 131 Å². The first-order valence-electron chi connectivity index (χ1n) is 7.24. The fourth-order valence-electron chi connectivity index (χ4n) is 1.54. The van der Waals surface area contributed by atoms with Crippen LogP contribution < -0.4 is 0 Å². The molecule has 0 amide bonds. The van der Waals surface area contributed by atoms with Crippen molar-refractivity contribution in [3.05, 3.63) is 0 Å². The highest BCUT2D eigenvalue weighted by atomic mass is 16.6. The van der Waals surface area contributed by atoms with Gasteiger partial charge in [0.05, 0.1) is 39.0 Å². The van der Waals surface area contributed by atoms with E-state index in [1.54, 1.807) is 6.92 Å². The summed E-state index contributed by atoms with van der Waals surface area (Å²) in [6, 6.07) is 0. The van der Waals surface area contributed by atoms with E-state index in [0.29, 0.717) is 19.6 Å². The molecule has 0 fully saturated rings. The van der Waals surface area contributed by atoms with Gasteiger partial charge in [-0.15, -0.1) is 0 Å². The molecule has 0 aromatic carbocycles. The molecule has 0 aliphatic rings. The molecule has 0 aromatic heterocycles. The lowest BCUT2D eigenvalue weighted by molar-refractivity contribution is -0.156. The van der Waals surface area contributed by atoms with E-state index in [0.717, 1.165) is 0 Å². The number of Topliss-reactive ketones (excluding diaryl/α,β-unsaturated/α-hetero) is 1. The van der Waals surface area contributed by atoms with Crippen molar-refractivity contribution >= 4 is 17.7 Å². The average molecular weight is 318 g/mol. The summed E-state index contributed by atoms with van der Waals surface area (Å²) in [5.41, 5.74) is -0.656. The van der Waals surface area contributed by atoms with Crippen molar-refractivity contribution in [2.24, 2.45) is 5.41 Å². The largest absolute Gasteiger partial charge is 0.469 e. The maximum atomic E-state index is 11.6. The predicted molar refractivity (Wildman–Crippen MR) is 78.3 cm³/mol. The second-order valence-electron chi connectivity index (χ2n) is 5.17. The summed E-state index contributed by atoms with van der Waals surface area (Å²) < 4.78 is 20.2. The molecule has 0 radical (unpaired) electrons. The lowest BCUT2D eigenvalue weighted by Crippen LogP contribution is -2.33. The molecule has 128 valence electrons. The fraction of sp³-hybridized carbons (Fsp3) is 0.800. The Morgan fingerprint density at radius 3 is 2.14 bits per heavy atom. The van der Waals surface area contributed by atoms with Crippen molar-refractivity contribution < 1.29 is 33.3 Å². The van der Waals surface area contributed by atoms with Gasteiger partial charge in [-0.3, -0.25) is 14.4 Å².